The second kappa shape index (κ2) is 5.35. The van der Waals surface area contributed by atoms with E-state index >= 15 is 0 Å². The number of likely N-dealkylation sites (tertiary alicyclic amines) is 1. The van der Waals surface area contributed by atoms with Crippen molar-refractivity contribution in [3.05, 3.63) is 0 Å². The third-order valence-corrected chi connectivity index (χ3v) is 5.45. The standard InChI is InChI=1S/C15H24N2O3/c1-16-13(18)12-3-2-5-15(12)6-7-17(10-15)14(19)11-4-8-20-9-11/h11-12H,2-10H2,1H3,(H,16,18)/t11-,12-,15+/m0/s1. The number of rotatable bonds is 2. The van der Waals surface area contributed by atoms with Gasteiger partial charge in [0, 0.05) is 38.1 Å². The quantitative estimate of drug-likeness (QED) is 0.813. The molecule has 2 amide bonds. The lowest BCUT2D eigenvalue weighted by Crippen LogP contribution is -2.41. The molecule has 1 aliphatic carbocycles. The average molecular weight is 280 g/mol. The monoisotopic (exact) mass is 280 g/mol. The van der Waals surface area contributed by atoms with E-state index in [1.165, 1.54) is 0 Å². The van der Waals surface area contributed by atoms with Gasteiger partial charge in [-0.15, -0.1) is 0 Å². The molecular weight excluding hydrogens is 256 g/mol. The highest BCUT2D eigenvalue weighted by atomic mass is 16.5. The summed E-state index contributed by atoms with van der Waals surface area (Å²) in [6.45, 7) is 2.85. The second-order valence-electron chi connectivity index (χ2n) is 6.49. The lowest BCUT2D eigenvalue weighted by molar-refractivity contribution is -0.136. The van der Waals surface area contributed by atoms with Crippen LogP contribution in [0.15, 0.2) is 0 Å². The molecule has 5 nitrogen and oxygen atoms in total. The maximum Gasteiger partial charge on any atom is 0.228 e. The van der Waals surface area contributed by atoms with E-state index in [1.54, 1.807) is 7.05 Å². The van der Waals surface area contributed by atoms with Gasteiger partial charge in [-0.2, -0.15) is 0 Å². The molecule has 0 bridgehead atoms. The zero-order valence-corrected chi connectivity index (χ0v) is 12.2. The third-order valence-electron chi connectivity index (χ3n) is 5.45. The zero-order chi connectivity index (χ0) is 14.2. The maximum atomic E-state index is 12.5. The molecule has 20 heavy (non-hydrogen) atoms. The summed E-state index contributed by atoms with van der Waals surface area (Å²) in [4.78, 5) is 26.5. The van der Waals surface area contributed by atoms with E-state index in [1.807, 2.05) is 4.90 Å². The summed E-state index contributed by atoms with van der Waals surface area (Å²) in [5.74, 6) is 0.526. The van der Waals surface area contributed by atoms with Crippen LogP contribution in [0.1, 0.15) is 32.1 Å². The van der Waals surface area contributed by atoms with Gasteiger partial charge in [0.05, 0.1) is 12.5 Å². The van der Waals surface area contributed by atoms with Crippen molar-refractivity contribution in [2.24, 2.45) is 17.3 Å². The van der Waals surface area contributed by atoms with Gasteiger partial charge >= 0.3 is 0 Å². The molecule has 0 unspecified atom stereocenters. The first-order valence-corrected chi connectivity index (χ1v) is 7.74. The molecule has 1 saturated carbocycles. The minimum Gasteiger partial charge on any atom is -0.381 e. The fourth-order valence-electron chi connectivity index (χ4n) is 4.28. The van der Waals surface area contributed by atoms with E-state index in [-0.39, 0.29) is 29.1 Å². The molecule has 3 fully saturated rings. The van der Waals surface area contributed by atoms with Crippen LogP contribution in [-0.4, -0.2) is 50.1 Å². The molecule has 112 valence electrons. The van der Waals surface area contributed by atoms with Crippen molar-refractivity contribution >= 4 is 11.8 Å². The maximum absolute atomic E-state index is 12.5. The first-order valence-electron chi connectivity index (χ1n) is 7.74. The molecule has 2 heterocycles. The number of hydrogen-bond acceptors (Lipinski definition) is 3. The van der Waals surface area contributed by atoms with Crippen LogP contribution in [0.2, 0.25) is 0 Å². The minimum atomic E-state index is 0.0369. The van der Waals surface area contributed by atoms with Crippen molar-refractivity contribution in [1.29, 1.82) is 0 Å². The highest BCUT2D eigenvalue weighted by Gasteiger charge is 2.51. The summed E-state index contributed by atoms with van der Waals surface area (Å²) in [6, 6.07) is 0. The number of carbonyl (C=O) groups is 2. The molecule has 5 heteroatoms. The highest BCUT2D eigenvalue weighted by molar-refractivity contribution is 5.81. The van der Waals surface area contributed by atoms with E-state index in [4.69, 9.17) is 4.74 Å². The number of amides is 2. The molecule has 0 aromatic carbocycles. The van der Waals surface area contributed by atoms with Crippen molar-refractivity contribution in [3.8, 4) is 0 Å². The Morgan fingerprint density at radius 1 is 1.30 bits per heavy atom. The van der Waals surface area contributed by atoms with Crippen molar-refractivity contribution in [2.45, 2.75) is 32.1 Å². The molecule has 0 aromatic rings. The van der Waals surface area contributed by atoms with Crippen LogP contribution in [0, 0.1) is 17.3 Å². The third kappa shape index (κ3) is 2.22. The predicted octanol–water partition coefficient (Wildman–Crippen LogP) is 0.788. The fraction of sp³-hybridized carbons (Fsp3) is 0.867. The van der Waals surface area contributed by atoms with Gasteiger partial charge in [0.15, 0.2) is 0 Å². The lowest BCUT2D eigenvalue weighted by Gasteiger charge is -2.30. The van der Waals surface area contributed by atoms with E-state index in [2.05, 4.69) is 5.32 Å². The van der Waals surface area contributed by atoms with E-state index in [0.717, 1.165) is 45.2 Å². The van der Waals surface area contributed by atoms with Gasteiger partial charge in [0.1, 0.15) is 0 Å². The largest absolute Gasteiger partial charge is 0.381 e. The normalized spacial score (nSPS) is 36.8. The lowest BCUT2D eigenvalue weighted by atomic mass is 9.76. The summed E-state index contributed by atoms with van der Waals surface area (Å²) >= 11 is 0. The SMILES string of the molecule is CNC(=O)[C@@H]1CCC[C@]12CCN(C(=O)[C@H]1CCOC1)C2. The Morgan fingerprint density at radius 3 is 2.85 bits per heavy atom. The Hall–Kier alpha value is -1.10. The fourth-order valence-corrected chi connectivity index (χ4v) is 4.28. The first-order chi connectivity index (χ1) is 9.66. The topological polar surface area (TPSA) is 58.6 Å². The Morgan fingerprint density at radius 2 is 2.15 bits per heavy atom. The summed E-state index contributed by atoms with van der Waals surface area (Å²) in [7, 11) is 1.71. The smallest absolute Gasteiger partial charge is 0.228 e. The predicted molar refractivity (Wildman–Crippen MR) is 74.0 cm³/mol. The minimum absolute atomic E-state index is 0.0369. The molecule has 0 aromatic heterocycles. The Kier molecular flexibility index (Phi) is 3.71. The number of hydrogen-bond donors (Lipinski definition) is 1. The van der Waals surface area contributed by atoms with Crippen molar-refractivity contribution in [1.82, 2.24) is 10.2 Å². The van der Waals surface area contributed by atoms with Crippen LogP contribution in [0.3, 0.4) is 0 Å². The van der Waals surface area contributed by atoms with Gasteiger partial charge in [0.2, 0.25) is 11.8 Å². The first kappa shape index (κ1) is 13.9. The van der Waals surface area contributed by atoms with Gasteiger partial charge in [-0.05, 0) is 25.7 Å². The Bertz CT molecular complexity index is 406. The molecule has 3 atom stereocenters. The summed E-state index contributed by atoms with van der Waals surface area (Å²) < 4.78 is 5.32. The van der Waals surface area contributed by atoms with Crippen LogP contribution in [0.4, 0.5) is 0 Å². The van der Waals surface area contributed by atoms with Gasteiger partial charge in [-0.25, -0.2) is 0 Å². The molecule has 2 saturated heterocycles. The van der Waals surface area contributed by atoms with Gasteiger partial charge < -0.3 is 15.0 Å². The number of ether oxygens (including phenoxy) is 1. The van der Waals surface area contributed by atoms with Crippen LogP contribution in [-0.2, 0) is 14.3 Å². The molecule has 3 aliphatic rings. The molecule has 1 spiro atoms. The van der Waals surface area contributed by atoms with E-state index in [0.29, 0.717) is 13.2 Å². The van der Waals surface area contributed by atoms with Crippen LogP contribution in [0.25, 0.3) is 0 Å². The summed E-state index contributed by atoms with van der Waals surface area (Å²) in [6.07, 6.45) is 4.97. The van der Waals surface area contributed by atoms with Crippen molar-refractivity contribution in [2.75, 3.05) is 33.4 Å². The molecule has 1 N–H and O–H groups in total. The zero-order valence-electron chi connectivity index (χ0n) is 12.2. The van der Waals surface area contributed by atoms with Gasteiger partial charge in [-0.3, -0.25) is 9.59 Å². The second-order valence-corrected chi connectivity index (χ2v) is 6.49. The Balaban J connectivity index is 1.68. The highest BCUT2D eigenvalue weighted by Crippen LogP contribution is 2.50. The molecule has 2 aliphatic heterocycles. The summed E-state index contributed by atoms with van der Waals surface area (Å²) in [5, 5.41) is 2.79. The van der Waals surface area contributed by atoms with Crippen LogP contribution in [0.5, 0.6) is 0 Å². The van der Waals surface area contributed by atoms with E-state index < -0.39 is 0 Å². The average Bonchev–Trinajstić information content (AvgIpc) is 3.19. The Labute approximate surface area is 120 Å². The van der Waals surface area contributed by atoms with Crippen molar-refractivity contribution in [3.63, 3.8) is 0 Å². The molecule has 3 rings (SSSR count). The van der Waals surface area contributed by atoms with Gasteiger partial charge in [0.25, 0.3) is 0 Å². The number of carbonyl (C=O) groups excluding carboxylic acids is 2. The number of nitrogens with zero attached hydrogens (tertiary/aromatic N) is 1. The molecular formula is C15H24N2O3. The summed E-state index contributed by atoms with van der Waals surface area (Å²) in [5.41, 5.74) is 0.0369. The van der Waals surface area contributed by atoms with Crippen molar-refractivity contribution < 1.29 is 14.3 Å². The van der Waals surface area contributed by atoms with Crippen LogP contribution < -0.4 is 5.32 Å². The van der Waals surface area contributed by atoms with Crippen LogP contribution >= 0.6 is 0 Å². The van der Waals surface area contributed by atoms with E-state index in [9.17, 15) is 9.59 Å². The van der Waals surface area contributed by atoms with Gasteiger partial charge in [-0.1, -0.05) is 6.42 Å². The molecule has 0 radical (unpaired) electrons. The number of nitrogens with one attached hydrogen (secondary N) is 1.